The van der Waals surface area contributed by atoms with Gasteiger partial charge in [0.15, 0.2) is 0 Å². The number of hydrogen-bond donors (Lipinski definition) is 1. The van der Waals surface area contributed by atoms with Crippen molar-refractivity contribution in [1.82, 2.24) is 10.2 Å². The maximum Gasteiger partial charge on any atom is 0.454 e. The Balaban J connectivity index is 1.47. The highest BCUT2D eigenvalue weighted by atomic mass is 35.5. The van der Waals surface area contributed by atoms with Crippen molar-refractivity contribution in [2.75, 3.05) is 7.05 Å². The standard InChI is InChI=1S/C32H29ClF4N2OS/c1-19(30-29(33)26-5-3-4-6-28(26)41-30)39(25-14-12-24(38-2)13-15-25)18-23-17-22(11-16-27(23)34)20-7-9-21(10-8-20)31(40)32(35,36)37/h3-11,16-17,24-25,38H,1,12-15,18H2,2H3/t24-,25-. The Kier molecular flexibility index (Phi) is 8.55. The van der Waals surface area contributed by atoms with Crippen molar-refractivity contribution in [3.8, 4) is 11.1 Å². The zero-order chi connectivity index (χ0) is 29.3. The van der Waals surface area contributed by atoms with Gasteiger partial charge in [-0.25, -0.2) is 4.39 Å². The van der Waals surface area contributed by atoms with Gasteiger partial charge in [0.25, 0.3) is 5.78 Å². The number of benzene rings is 3. The smallest absolute Gasteiger partial charge is 0.363 e. The Morgan fingerprint density at radius 2 is 1.68 bits per heavy atom. The van der Waals surface area contributed by atoms with Gasteiger partial charge in [0, 0.05) is 45.5 Å². The van der Waals surface area contributed by atoms with Crippen molar-refractivity contribution in [3.05, 3.63) is 100 Å². The molecule has 1 aliphatic carbocycles. The minimum Gasteiger partial charge on any atom is -0.363 e. The largest absolute Gasteiger partial charge is 0.454 e. The second-order valence-corrected chi connectivity index (χ2v) is 11.8. The second kappa shape index (κ2) is 12.0. The van der Waals surface area contributed by atoms with E-state index in [9.17, 15) is 18.0 Å². The summed E-state index contributed by atoms with van der Waals surface area (Å²) in [6.45, 7) is 4.69. The number of nitrogens with one attached hydrogen (secondary N) is 1. The number of halogens is 5. The first-order valence-electron chi connectivity index (χ1n) is 13.4. The Hall–Kier alpha value is -3.20. The first-order chi connectivity index (χ1) is 19.6. The number of rotatable bonds is 8. The number of alkyl halides is 3. The maximum absolute atomic E-state index is 15.3. The minimum atomic E-state index is -4.94. The molecule has 3 nitrogen and oxygen atoms in total. The molecular formula is C32H29ClF4N2OS. The fourth-order valence-corrected chi connectivity index (χ4v) is 7.01. The average molecular weight is 601 g/mol. The molecule has 1 N–H and O–H groups in total. The fourth-order valence-electron chi connectivity index (χ4n) is 5.49. The number of nitrogens with zero attached hydrogens (tertiary/aromatic N) is 1. The van der Waals surface area contributed by atoms with Crippen LogP contribution < -0.4 is 5.32 Å². The molecule has 9 heteroatoms. The van der Waals surface area contributed by atoms with Crippen LogP contribution in [-0.4, -0.2) is 36.0 Å². The van der Waals surface area contributed by atoms with E-state index in [-0.39, 0.29) is 18.4 Å². The third kappa shape index (κ3) is 6.20. The molecule has 0 unspecified atom stereocenters. The molecule has 1 aromatic heterocycles. The van der Waals surface area contributed by atoms with E-state index in [4.69, 9.17) is 11.6 Å². The van der Waals surface area contributed by atoms with Crippen LogP contribution in [0.3, 0.4) is 0 Å². The molecule has 4 aromatic rings. The minimum absolute atomic E-state index is 0.129. The molecule has 0 saturated heterocycles. The predicted octanol–water partition coefficient (Wildman–Crippen LogP) is 9.11. The van der Waals surface area contributed by atoms with Crippen LogP contribution in [0.25, 0.3) is 26.9 Å². The van der Waals surface area contributed by atoms with Gasteiger partial charge in [-0.15, -0.1) is 11.3 Å². The molecule has 1 fully saturated rings. The van der Waals surface area contributed by atoms with Gasteiger partial charge in [-0.2, -0.15) is 13.2 Å². The van der Waals surface area contributed by atoms with Crippen LogP contribution in [0.1, 0.15) is 46.5 Å². The quantitative estimate of drug-likeness (QED) is 0.162. The molecule has 0 spiro atoms. The SMILES string of the molecule is C=C(c1sc2ccccc2c1Cl)N(Cc1cc(-c2ccc(C(=O)C(F)(F)F)cc2)ccc1F)[C@H]1CC[C@H](NC)CC1. The summed E-state index contributed by atoms with van der Waals surface area (Å²) in [5.74, 6) is -2.28. The predicted molar refractivity (Wildman–Crippen MR) is 159 cm³/mol. The van der Waals surface area contributed by atoms with Crippen molar-refractivity contribution in [1.29, 1.82) is 0 Å². The summed E-state index contributed by atoms with van der Waals surface area (Å²) in [5.41, 5.74) is 1.95. The number of carbonyl (C=O) groups is 1. The summed E-state index contributed by atoms with van der Waals surface area (Å²) in [7, 11) is 1.96. The molecule has 0 bridgehead atoms. The topological polar surface area (TPSA) is 32.3 Å². The van der Waals surface area contributed by atoms with E-state index in [2.05, 4.69) is 16.8 Å². The summed E-state index contributed by atoms with van der Waals surface area (Å²) in [4.78, 5) is 14.6. The Labute approximate surface area is 245 Å². The lowest BCUT2D eigenvalue weighted by atomic mass is 9.89. The number of Topliss-reactive ketones (excluding diaryl/α,β-unsaturated/α-hetero) is 1. The third-order valence-electron chi connectivity index (χ3n) is 7.81. The summed E-state index contributed by atoms with van der Waals surface area (Å²) in [6.07, 6.45) is -1.17. The summed E-state index contributed by atoms with van der Waals surface area (Å²) >= 11 is 8.39. The Morgan fingerprint density at radius 1 is 1.02 bits per heavy atom. The molecule has 0 radical (unpaired) electrons. The van der Waals surface area contributed by atoms with Gasteiger partial charge >= 0.3 is 6.18 Å². The van der Waals surface area contributed by atoms with Gasteiger partial charge in [0.1, 0.15) is 5.82 Å². The molecule has 1 saturated carbocycles. The highest BCUT2D eigenvalue weighted by Gasteiger charge is 2.39. The lowest BCUT2D eigenvalue weighted by Crippen LogP contribution is -2.40. The van der Waals surface area contributed by atoms with E-state index in [0.29, 0.717) is 27.8 Å². The first-order valence-corrected chi connectivity index (χ1v) is 14.6. The third-order valence-corrected chi connectivity index (χ3v) is 9.54. The van der Waals surface area contributed by atoms with E-state index in [1.165, 1.54) is 18.2 Å². The number of carbonyl (C=O) groups excluding carboxylic acids is 1. The summed E-state index contributed by atoms with van der Waals surface area (Å²) in [6, 6.07) is 18.3. The van der Waals surface area contributed by atoms with Crippen LogP contribution in [0.4, 0.5) is 17.6 Å². The van der Waals surface area contributed by atoms with E-state index in [0.717, 1.165) is 58.5 Å². The Bertz CT molecular complexity index is 1570. The van der Waals surface area contributed by atoms with Crippen LogP contribution >= 0.6 is 22.9 Å². The van der Waals surface area contributed by atoms with Crippen molar-refractivity contribution in [2.24, 2.45) is 0 Å². The molecule has 5 rings (SSSR count). The number of ketones is 1. The van der Waals surface area contributed by atoms with Gasteiger partial charge in [-0.3, -0.25) is 4.79 Å². The van der Waals surface area contributed by atoms with Gasteiger partial charge in [-0.1, -0.05) is 66.7 Å². The van der Waals surface area contributed by atoms with E-state index in [1.807, 2.05) is 31.3 Å². The Morgan fingerprint density at radius 3 is 2.32 bits per heavy atom. The second-order valence-electron chi connectivity index (χ2n) is 10.3. The van der Waals surface area contributed by atoms with Crippen LogP contribution in [-0.2, 0) is 6.54 Å². The van der Waals surface area contributed by atoms with Crippen molar-refractivity contribution < 1.29 is 22.4 Å². The molecule has 3 aromatic carbocycles. The van der Waals surface area contributed by atoms with Crippen LogP contribution in [0.15, 0.2) is 73.3 Å². The molecule has 1 heterocycles. The monoisotopic (exact) mass is 600 g/mol. The van der Waals surface area contributed by atoms with Gasteiger partial charge in [0.2, 0.25) is 0 Å². The number of fused-ring (bicyclic) bond motifs is 1. The molecule has 1 aliphatic rings. The fraction of sp³-hybridized carbons (Fsp3) is 0.281. The van der Waals surface area contributed by atoms with Crippen LogP contribution in [0.2, 0.25) is 5.02 Å². The molecular weight excluding hydrogens is 572 g/mol. The highest BCUT2D eigenvalue weighted by Crippen LogP contribution is 2.42. The average Bonchev–Trinajstić information content (AvgIpc) is 3.32. The van der Waals surface area contributed by atoms with Crippen LogP contribution in [0, 0.1) is 5.82 Å². The first kappa shape index (κ1) is 29.3. The van der Waals surface area contributed by atoms with Gasteiger partial charge in [-0.05, 0) is 62.1 Å². The number of thiophene rings is 1. The zero-order valence-corrected chi connectivity index (χ0v) is 24.0. The van der Waals surface area contributed by atoms with Gasteiger partial charge < -0.3 is 10.2 Å². The van der Waals surface area contributed by atoms with E-state index >= 15 is 4.39 Å². The lowest BCUT2D eigenvalue weighted by molar-refractivity contribution is -0.0885. The molecule has 0 amide bonds. The lowest BCUT2D eigenvalue weighted by Gasteiger charge is -2.39. The molecule has 0 atom stereocenters. The zero-order valence-electron chi connectivity index (χ0n) is 22.4. The maximum atomic E-state index is 15.3. The number of hydrogen-bond acceptors (Lipinski definition) is 4. The molecule has 0 aliphatic heterocycles. The van der Waals surface area contributed by atoms with E-state index < -0.39 is 17.5 Å². The van der Waals surface area contributed by atoms with Crippen molar-refractivity contribution >= 4 is 44.5 Å². The summed E-state index contributed by atoms with van der Waals surface area (Å²) < 4.78 is 54.8. The van der Waals surface area contributed by atoms with Crippen molar-refractivity contribution in [2.45, 2.75) is 50.5 Å². The summed E-state index contributed by atoms with van der Waals surface area (Å²) in [5, 5.41) is 4.94. The molecule has 41 heavy (non-hydrogen) atoms. The van der Waals surface area contributed by atoms with Gasteiger partial charge in [0.05, 0.1) is 9.90 Å². The van der Waals surface area contributed by atoms with Crippen molar-refractivity contribution in [3.63, 3.8) is 0 Å². The van der Waals surface area contributed by atoms with Crippen LogP contribution in [0.5, 0.6) is 0 Å². The highest BCUT2D eigenvalue weighted by molar-refractivity contribution is 7.20. The normalized spacial score (nSPS) is 17.5. The van der Waals surface area contributed by atoms with E-state index in [1.54, 1.807) is 23.5 Å². The molecule has 214 valence electrons.